The van der Waals surface area contributed by atoms with E-state index in [0.29, 0.717) is 5.71 Å². The first kappa shape index (κ1) is 11.4. The summed E-state index contributed by atoms with van der Waals surface area (Å²) in [5.41, 5.74) is 2.66. The molecular weight excluding hydrogens is 240 g/mol. The molecule has 0 fully saturated rings. The van der Waals surface area contributed by atoms with Crippen molar-refractivity contribution in [3.63, 3.8) is 0 Å². The summed E-state index contributed by atoms with van der Waals surface area (Å²) in [4.78, 5) is 1.12. The van der Waals surface area contributed by atoms with Crippen LogP contribution in [0.25, 0.3) is 10.1 Å². The fraction of sp³-hybridized carbons (Fsp3) is 0.273. The molecule has 5 heteroatoms. The Morgan fingerprint density at radius 2 is 2.25 bits per heavy atom. The van der Waals surface area contributed by atoms with Gasteiger partial charge in [0.2, 0.25) is 0 Å². The highest BCUT2D eigenvalue weighted by atomic mass is 32.2. The molecule has 3 nitrogen and oxygen atoms in total. The Balaban J connectivity index is 2.84. The monoisotopic (exact) mass is 252 g/mol. The second-order valence-electron chi connectivity index (χ2n) is 3.47. The minimum absolute atomic E-state index is 0.638. The summed E-state index contributed by atoms with van der Waals surface area (Å²) in [6, 6.07) is 4.13. The molecule has 0 aliphatic carbocycles. The lowest BCUT2D eigenvalue weighted by atomic mass is 10.1. The zero-order chi connectivity index (χ0) is 11.7. The van der Waals surface area contributed by atoms with Gasteiger partial charge >= 0.3 is 0 Å². The highest BCUT2D eigenvalue weighted by molar-refractivity contribution is 7.98. The number of oxime groups is 1. The van der Waals surface area contributed by atoms with Crippen molar-refractivity contribution in [1.29, 1.82) is 0 Å². The summed E-state index contributed by atoms with van der Waals surface area (Å²) in [6.45, 7) is 3.80. The highest BCUT2D eigenvalue weighted by Gasteiger charge is 2.14. The molecule has 0 bridgehead atoms. The van der Waals surface area contributed by atoms with Crippen molar-refractivity contribution in [3.8, 4) is 0 Å². The SMILES string of the molecule is CSc1ccc2c(C)nsc2c1/C(C)=N/O. The number of aryl methyl sites for hydroxylation is 1. The van der Waals surface area contributed by atoms with Gasteiger partial charge in [-0.05, 0) is 37.7 Å². The van der Waals surface area contributed by atoms with Gasteiger partial charge in [0.15, 0.2) is 0 Å². The zero-order valence-electron chi connectivity index (χ0n) is 9.31. The fourth-order valence-electron chi connectivity index (χ4n) is 1.67. The molecule has 0 saturated carbocycles. The largest absolute Gasteiger partial charge is 0.411 e. The molecule has 0 saturated heterocycles. The van der Waals surface area contributed by atoms with Crippen LogP contribution in [0.4, 0.5) is 0 Å². The molecule has 2 aromatic rings. The van der Waals surface area contributed by atoms with Crippen LogP contribution in [-0.4, -0.2) is 21.5 Å². The minimum Gasteiger partial charge on any atom is -0.411 e. The van der Waals surface area contributed by atoms with E-state index in [0.717, 1.165) is 26.2 Å². The van der Waals surface area contributed by atoms with Gasteiger partial charge in [-0.25, -0.2) is 0 Å². The first-order valence-electron chi connectivity index (χ1n) is 4.81. The molecule has 84 valence electrons. The zero-order valence-corrected chi connectivity index (χ0v) is 10.9. The van der Waals surface area contributed by atoms with E-state index >= 15 is 0 Å². The summed E-state index contributed by atoms with van der Waals surface area (Å²) in [5.74, 6) is 0. The Morgan fingerprint density at radius 3 is 2.88 bits per heavy atom. The van der Waals surface area contributed by atoms with Crippen LogP contribution >= 0.6 is 23.3 Å². The number of hydrogen-bond acceptors (Lipinski definition) is 5. The van der Waals surface area contributed by atoms with Gasteiger partial charge in [0.05, 0.1) is 16.1 Å². The number of fused-ring (bicyclic) bond motifs is 1. The Hall–Kier alpha value is -1.07. The number of thioether (sulfide) groups is 1. The van der Waals surface area contributed by atoms with E-state index in [2.05, 4.69) is 21.7 Å². The number of benzene rings is 1. The molecule has 2 rings (SSSR count). The average Bonchev–Trinajstić information content (AvgIpc) is 2.69. The van der Waals surface area contributed by atoms with Gasteiger partial charge in [-0.3, -0.25) is 0 Å². The molecule has 0 amide bonds. The second kappa shape index (κ2) is 4.43. The van der Waals surface area contributed by atoms with Crippen molar-refractivity contribution in [2.24, 2.45) is 5.16 Å². The van der Waals surface area contributed by atoms with Gasteiger partial charge in [-0.1, -0.05) is 11.2 Å². The maximum atomic E-state index is 8.94. The van der Waals surface area contributed by atoms with Crippen LogP contribution in [0.15, 0.2) is 22.2 Å². The molecule has 0 radical (unpaired) electrons. The molecule has 1 aromatic carbocycles. The fourth-order valence-corrected chi connectivity index (χ4v) is 3.38. The summed E-state index contributed by atoms with van der Waals surface area (Å²) < 4.78 is 5.44. The molecule has 16 heavy (non-hydrogen) atoms. The van der Waals surface area contributed by atoms with E-state index < -0.39 is 0 Å². The van der Waals surface area contributed by atoms with Crippen LogP contribution in [0.1, 0.15) is 18.2 Å². The quantitative estimate of drug-likeness (QED) is 0.385. The van der Waals surface area contributed by atoms with E-state index in [9.17, 15) is 0 Å². The van der Waals surface area contributed by atoms with E-state index in [4.69, 9.17) is 5.21 Å². The van der Waals surface area contributed by atoms with Gasteiger partial charge in [0.1, 0.15) is 0 Å². The van der Waals surface area contributed by atoms with E-state index in [1.165, 1.54) is 11.5 Å². The van der Waals surface area contributed by atoms with Gasteiger partial charge in [0, 0.05) is 15.8 Å². The standard InChI is InChI=1S/C11H12N2OS2/c1-6-8-4-5-9(15-3)10(7(2)12-14)11(8)16-13-6/h4-5,14H,1-3H3/b12-7+. The maximum absolute atomic E-state index is 8.94. The van der Waals surface area contributed by atoms with Crippen LogP contribution in [0.2, 0.25) is 0 Å². The van der Waals surface area contributed by atoms with Crippen LogP contribution in [-0.2, 0) is 0 Å². The molecule has 1 aromatic heterocycles. The molecule has 0 atom stereocenters. The molecule has 1 heterocycles. The van der Waals surface area contributed by atoms with Crippen LogP contribution < -0.4 is 0 Å². The van der Waals surface area contributed by atoms with Crippen molar-refractivity contribution >= 4 is 39.1 Å². The smallest absolute Gasteiger partial charge is 0.0863 e. The Bertz CT molecular complexity index is 560. The lowest BCUT2D eigenvalue weighted by Crippen LogP contribution is -1.97. The third-order valence-electron chi connectivity index (χ3n) is 2.51. The van der Waals surface area contributed by atoms with Crippen molar-refractivity contribution < 1.29 is 5.21 Å². The highest BCUT2D eigenvalue weighted by Crippen LogP contribution is 2.33. The van der Waals surface area contributed by atoms with Crippen molar-refractivity contribution in [3.05, 3.63) is 23.4 Å². The second-order valence-corrected chi connectivity index (χ2v) is 5.09. The minimum atomic E-state index is 0.638. The first-order valence-corrected chi connectivity index (χ1v) is 6.81. The number of nitrogens with zero attached hydrogens (tertiary/aromatic N) is 2. The number of rotatable bonds is 2. The van der Waals surface area contributed by atoms with E-state index in [-0.39, 0.29) is 0 Å². The summed E-state index contributed by atoms with van der Waals surface area (Å²) in [7, 11) is 0. The number of hydrogen-bond donors (Lipinski definition) is 1. The lowest BCUT2D eigenvalue weighted by Gasteiger charge is -2.06. The first-order chi connectivity index (χ1) is 7.69. The van der Waals surface area contributed by atoms with E-state index in [1.54, 1.807) is 11.8 Å². The van der Waals surface area contributed by atoms with Crippen molar-refractivity contribution in [2.75, 3.05) is 6.26 Å². The maximum Gasteiger partial charge on any atom is 0.0863 e. The Labute approximate surface area is 102 Å². The molecule has 0 aliphatic heterocycles. The topological polar surface area (TPSA) is 45.5 Å². The normalized spacial score (nSPS) is 12.3. The van der Waals surface area contributed by atoms with Crippen LogP contribution in [0, 0.1) is 6.92 Å². The van der Waals surface area contributed by atoms with Gasteiger partial charge in [-0.15, -0.1) is 11.8 Å². The average molecular weight is 252 g/mol. The third kappa shape index (κ3) is 1.70. The molecular formula is C11H12N2OS2. The number of aromatic nitrogens is 1. The Morgan fingerprint density at radius 1 is 1.50 bits per heavy atom. The Kier molecular flexibility index (Phi) is 3.16. The lowest BCUT2D eigenvalue weighted by molar-refractivity contribution is 0.319. The predicted molar refractivity (Wildman–Crippen MR) is 70.1 cm³/mol. The van der Waals surface area contributed by atoms with Crippen molar-refractivity contribution in [1.82, 2.24) is 4.37 Å². The van der Waals surface area contributed by atoms with Crippen LogP contribution in [0.5, 0.6) is 0 Å². The van der Waals surface area contributed by atoms with Crippen molar-refractivity contribution in [2.45, 2.75) is 18.7 Å². The summed E-state index contributed by atoms with van der Waals surface area (Å²) >= 11 is 3.11. The molecule has 0 aliphatic rings. The third-order valence-corrected chi connectivity index (χ3v) is 4.27. The molecule has 0 spiro atoms. The predicted octanol–water partition coefficient (Wildman–Crippen LogP) is 3.52. The van der Waals surface area contributed by atoms with Crippen LogP contribution in [0.3, 0.4) is 0 Å². The van der Waals surface area contributed by atoms with Gasteiger partial charge in [0.25, 0.3) is 0 Å². The molecule has 1 N–H and O–H groups in total. The van der Waals surface area contributed by atoms with E-state index in [1.807, 2.05) is 20.1 Å². The summed E-state index contributed by atoms with van der Waals surface area (Å²) in [5, 5.41) is 13.4. The van der Waals surface area contributed by atoms with Gasteiger partial charge in [-0.2, -0.15) is 4.37 Å². The molecule has 0 unspecified atom stereocenters. The summed E-state index contributed by atoms with van der Waals surface area (Å²) in [6.07, 6.45) is 2.02. The van der Waals surface area contributed by atoms with Gasteiger partial charge < -0.3 is 5.21 Å².